The van der Waals surface area contributed by atoms with Gasteiger partial charge in [-0.3, -0.25) is 4.79 Å². The van der Waals surface area contributed by atoms with Crippen molar-refractivity contribution in [3.63, 3.8) is 0 Å². The second kappa shape index (κ2) is 7.07. The molecule has 0 bridgehead atoms. The second-order valence-electron chi connectivity index (χ2n) is 5.31. The molecule has 2 aromatic carbocycles. The largest absolute Gasteiger partial charge is 0.491 e. The average molecular weight is 361 g/mol. The first-order valence-electron chi connectivity index (χ1n) is 7.37. The summed E-state index contributed by atoms with van der Waals surface area (Å²) < 4.78 is 12.2. The highest BCUT2D eigenvalue weighted by Gasteiger charge is 2.16. The molecule has 1 heterocycles. The Morgan fingerprint density at radius 1 is 1.09 bits per heavy atom. The topological polar surface area (TPSA) is 35.5 Å². The minimum absolute atomic E-state index is 0.0122. The first-order valence-corrected chi connectivity index (χ1v) is 8.16. The Bertz CT molecular complexity index is 628. The molecule has 4 heteroatoms. The van der Waals surface area contributed by atoms with E-state index in [1.165, 1.54) is 0 Å². The van der Waals surface area contributed by atoms with Gasteiger partial charge in [0.1, 0.15) is 12.4 Å². The molecule has 1 aliphatic heterocycles. The van der Waals surface area contributed by atoms with Gasteiger partial charge in [-0.2, -0.15) is 0 Å². The highest BCUT2D eigenvalue weighted by molar-refractivity contribution is 9.10. The lowest BCUT2D eigenvalue weighted by Crippen LogP contribution is -2.16. The van der Waals surface area contributed by atoms with Gasteiger partial charge in [0.2, 0.25) is 0 Å². The van der Waals surface area contributed by atoms with E-state index < -0.39 is 0 Å². The zero-order chi connectivity index (χ0) is 15.4. The summed E-state index contributed by atoms with van der Waals surface area (Å²) in [4.78, 5) is 12.4. The van der Waals surface area contributed by atoms with Gasteiger partial charge in [0.05, 0.1) is 6.10 Å². The lowest BCUT2D eigenvalue weighted by molar-refractivity contribution is 0.0679. The third kappa shape index (κ3) is 3.76. The number of rotatable bonds is 5. The van der Waals surface area contributed by atoms with Crippen LogP contribution in [0.3, 0.4) is 0 Å². The van der Waals surface area contributed by atoms with Crippen LogP contribution in [-0.2, 0) is 4.74 Å². The van der Waals surface area contributed by atoms with E-state index in [1.54, 1.807) is 12.1 Å². The molecule has 22 heavy (non-hydrogen) atoms. The first-order chi connectivity index (χ1) is 10.7. The van der Waals surface area contributed by atoms with Crippen LogP contribution in [0.25, 0.3) is 0 Å². The molecule has 3 rings (SSSR count). The van der Waals surface area contributed by atoms with Crippen molar-refractivity contribution in [2.24, 2.45) is 0 Å². The molecule has 1 unspecified atom stereocenters. The summed E-state index contributed by atoms with van der Waals surface area (Å²) in [6.45, 7) is 1.40. The van der Waals surface area contributed by atoms with Gasteiger partial charge in [-0.05, 0) is 61.4 Å². The standard InChI is InChI=1S/C18H17BrO3/c19-15-7-3-13(4-8-15)18(20)14-5-9-16(10-6-14)22-12-17-2-1-11-21-17/h3-10,17H,1-2,11-12H2. The van der Waals surface area contributed by atoms with Crippen molar-refractivity contribution in [2.45, 2.75) is 18.9 Å². The lowest BCUT2D eigenvalue weighted by atomic mass is 10.0. The Morgan fingerprint density at radius 3 is 2.32 bits per heavy atom. The summed E-state index contributed by atoms with van der Waals surface area (Å²) in [6.07, 6.45) is 2.36. The van der Waals surface area contributed by atoms with Crippen LogP contribution in [0, 0.1) is 0 Å². The normalized spacial score (nSPS) is 17.4. The van der Waals surface area contributed by atoms with Gasteiger partial charge < -0.3 is 9.47 Å². The van der Waals surface area contributed by atoms with E-state index in [-0.39, 0.29) is 11.9 Å². The van der Waals surface area contributed by atoms with E-state index in [9.17, 15) is 4.79 Å². The van der Waals surface area contributed by atoms with Gasteiger partial charge in [-0.1, -0.05) is 15.9 Å². The third-order valence-corrected chi connectivity index (χ3v) is 4.21. The summed E-state index contributed by atoms with van der Waals surface area (Å²) in [6, 6.07) is 14.6. The fourth-order valence-electron chi connectivity index (χ4n) is 2.44. The third-order valence-electron chi connectivity index (χ3n) is 3.68. The van der Waals surface area contributed by atoms with Crippen molar-refractivity contribution < 1.29 is 14.3 Å². The first kappa shape index (κ1) is 15.3. The van der Waals surface area contributed by atoms with Gasteiger partial charge in [-0.25, -0.2) is 0 Å². The molecule has 0 aliphatic carbocycles. The predicted molar refractivity (Wildman–Crippen MR) is 88.5 cm³/mol. The van der Waals surface area contributed by atoms with Gasteiger partial charge >= 0.3 is 0 Å². The van der Waals surface area contributed by atoms with Crippen LogP contribution in [0.2, 0.25) is 0 Å². The van der Waals surface area contributed by atoms with Crippen LogP contribution >= 0.6 is 15.9 Å². The van der Waals surface area contributed by atoms with Crippen LogP contribution in [0.5, 0.6) is 5.75 Å². The molecule has 1 aliphatic rings. The molecule has 0 amide bonds. The Labute approximate surface area is 138 Å². The second-order valence-corrected chi connectivity index (χ2v) is 6.22. The van der Waals surface area contributed by atoms with E-state index in [0.29, 0.717) is 17.7 Å². The zero-order valence-electron chi connectivity index (χ0n) is 12.1. The highest BCUT2D eigenvalue weighted by atomic mass is 79.9. The molecule has 114 valence electrons. The fraction of sp³-hybridized carbons (Fsp3) is 0.278. The quantitative estimate of drug-likeness (QED) is 0.748. The number of halogens is 1. The van der Waals surface area contributed by atoms with Crippen LogP contribution in [0.15, 0.2) is 53.0 Å². The van der Waals surface area contributed by atoms with Gasteiger partial charge in [0.15, 0.2) is 5.78 Å². The minimum atomic E-state index is 0.0122. The lowest BCUT2D eigenvalue weighted by Gasteiger charge is -2.11. The number of hydrogen-bond donors (Lipinski definition) is 0. The van der Waals surface area contributed by atoms with Gasteiger partial charge in [-0.15, -0.1) is 0 Å². The highest BCUT2D eigenvalue weighted by Crippen LogP contribution is 2.19. The monoisotopic (exact) mass is 360 g/mol. The van der Waals surface area contributed by atoms with Crippen molar-refractivity contribution in [1.82, 2.24) is 0 Å². The van der Waals surface area contributed by atoms with Crippen molar-refractivity contribution >= 4 is 21.7 Å². The number of carbonyl (C=O) groups excluding carboxylic acids is 1. The number of benzene rings is 2. The number of ether oxygens (including phenoxy) is 2. The van der Waals surface area contributed by atoms with E-state index >= 15 is 0 Å². The summed E-state index contributed by atoms with van der Waals surface area (Å²) in [5.74, 6) is 0.779. The van der Waals surface area contributed by atoms with Crippen LogP contribution < -0.4 is 4.74 Å². The minimum Gasteiger partial charge on any atom is -0.491 e. The van der Waals surface area contributed by atoms with E-state index in [2.05, 4.69) is 15.9 Å². The maximum atomic E-state index is 12.4. The SMILES string of the molecule is O=C(c1ccc(Br)cc1)c1ccc(OCC2CCCO2)cc1. The maximum absolute atomic E-state index is 12.4. The van der Waals surface area contributed by atoms with Crippen LogP contribution in [-0.4, -0.2) is 25.1 Å². The molecule has 0 saturated carbocycles. The smallest absolute Gasteiger partial charge is 0.193 e. The molecular formula is C18H17BrO3. The summed E-state index contributed by atoms with van der Waals surface area (Å²) in [7, 11) is 0. The molecule has 1 saturated heterocycles. The Morgan fingerprint density at radius 2 is 1.73 bits per heavy atom. The van der Waals surface area contributed by atoms with Crippen molar-refractivity contribution in [1.29, 1.82) is 0 Å². The number of hydrogen-bond acceptors (Lipinski definition) is 3. The predicted octanol–water partition coefficient (Wildman–Crippen LogP) is 4.24. The maximum Gasteiger partial charge on any atom is 0.193 e. The number of ketones is 1. The van der Waals surface area contributed by atoms with E-state index in [4.69, 9.17) is 9.47 Å². The van der Waals surface area contributed by atoms with Crippen molar-refractivity contribution in [3.8, 4) is 5.75 Å². The summed E-state index contributed by atoms with van der Waals surface area (Å²) >= 11 is 3.37. The van der Waals surface area contributed by atoms with Crippen LogP contribution in [0.4, 0.5) is 0 Å². The molecule has 0 N–H and O–H groups in total. The molecule has 1 fully saturated rings. The van der Waals surface area contributed by atoms with Crippen molar-refractivity contribution in [2.75, 3.05) is 13.2 Å². The molecule has 0 aromatic heterocycles. The zero-order valence-corrected chi connectivity index (χ0v) is 13.7. The molecule has 0 spiro atoms. The van der Waals surface area contributed by atoms with E-state index in [0.717, 1.165) is 29.7 Å². The van der Waals surface area contributed by atoms with E-state index in [1.807, 2.05) is 36.4 Å². The van der Waals surface area contributed by atoms with Gasteiger partial charge in [0.25, 0.3) is 0 Å². The molecule has 1 atom stereocenters. The Hall–Kier alpha value is -1.65. The summed E-state index contributed by atoms with van der Waals surface area (Å²) in [5.41, 5.74) is 1.34. The van der Waals surface area contributed by atoms with Crippen molar-refractivity contribution in [3.05, 3.63) is 64.1 Å². The Kier molecular flexibility index (Phi) is 4.90. The molecule has 3 nitrogen and oxygen atoms in total. The average Bonchev–Trinajstić information content (AvgIpc) is 3.07. The fourth-order valence-corrected chi connectivity index (χ4v) is 2.70. The molecular weight excluding hydrogens is 344 g/mol. The molecule has 2 aromatic rings. The summed E-state index contributed by atoms with van der Waals surface area (Å²) in [5, 5.41) is 0. The Balaban J connectivity index is 1.62. The molecule has 0 radical (unpaired) electrons. The van der Waals surface area contributed by atoms with Gasteiger partial charge in [0, 0.05) is 22.2 Å². The van der Waals surface area contributed by atoms with Crippen LogP contribution in [0.1, 0.15) is 28.8 Å². The number of carbonyl (C=O) groups is 1.